The van der Waals surface area contributed by atoms with Crippen molar-refractivity contribution in [3.8, 4) is 5.75 Å². The number of nitrogens with zero attached hydrogens (tertiary/aromatic N) is 5. The molecule has 752 valence electrons. The molecule has 2 aliphatic carbocycles. The fourth-order valence-electron chi connectivity index (χ4n) is 16.9. The molecule has 45 nitrogen and oxygen atoms in total. The molecule has 2 fully saturated rings. The summed E-state index contributed by atoms with van der Waals surface area (Å²) in [5.41, 5.74) is 15.8. The molecule has 1 saturated carbocycles. The molecule has 17 amide bonds. The summed E-state index contributed by atoms with van der Waals surface area (Å²) in [6, 6.07) is 0.126. The number of carbonyl (C=O) groups excluding carboxylic acids is 17. The number of aliphatic hydroxyl groups excluding tert-OH is 3. The van der Waals surface area contributed by atoms with Gasteiger partial charge in [-0.2, -0.15) is 0 Å². The van der Waals surface area contributed by atoms with E-state index < -0.39 is 248 Å². The van der Waals surface area contributed by atoms with Gasteiger partial charge in [-0.15, -0.1) is 0 Å². The Morgan fingerprint density at radius 2 is 1.31 bits per heavy atom. The molecule has 0 spiro atoms. The van der Waals surface area contributed by atoms with Gasteiger partial charge in [0.1, 0.15) is 66.4 Å². The van der Waals surface area contributed by atoms with Crippen molar-refractivity contribution >= 4 is 140 Å². The van der Waals surface area contributed by atoms with E-state index >= 15 is 4.55 Å². The van der Waals surface area contributed by atoms with Crippen molar-refractivity contribution in [1.82, 2.24) is 88.1 Å². The summed E-state index contributed by atoms with van der Waals surface area (Å²) in [5, 5.41) is 62.0. The molecule has 20 N–H and O–H groups in total. The molecule has 138 heavy (non-hydrogen) atoms. The van der Waals surface area contributed by atoms with Crippen molar-refractivity contribution in [2.45, 2.75) is 235 Å². The highest BCUT2D eigenvalue weighted by molar-refractivity contribution is 7.91. The maximum atomic E-state index is 15.3. The Kier molecular flexibility index (Phi) is 39.7. The van der Waals surface area contributed by atoms with E-state index in [4.69, 9.17) is 40.4 Å². The average Bonchev–Trinajstić information content (AvgIpc) is 1.63. The zero-order chi connectivity index (χ0) is 100. The molecule has 5 aromatic rings. The van der Waals surface area contributed by atoms with Gasteiger partial charge in [0.25, 0.3) is 5.91 Å². The van der Waals surface area contributed by atoms with Crippen LogP contribution in [0.15, 0.2) is 65.7 Å². The number of aliphatic hydroxyl groups is 3. The minimum Gasteiger partial charge on any atom is -0.610 e. The molecule has 3 unspecified atom stereocenters. The molecule has 5 heterocycles. The monoisotopic (exact) mass is 1940 g/mol. The van der Waals surface area contributed by atoms with Crippen LogP contribution in [0.1, 0.15) is 165 Å². The summed E-state index contributed by atoms with van der Waals surface area (Å²) in [6.45, 7) is 7.52. The normalized spacial score (nSPS) is 22.3. The third-order valence-corrected chi connectivity index (χ3v) is 26.5. The lowest BCUT2D eigenvalue weighted by Crippen LogP contribution is -2.62. The van der Waals surface area contributed by atoms with E-state index in [0.717, 1.165) is 34.6 Å². The summed E-state index contributed by atoms with van der Waals surface area (Å²) < 4.78 is 38.0. The van der Waals surface area contributed by atoms with Gasteiger partial charge in [0.15, 0.2) is 6.04 Å². The molecule has 10 rings (SSSR count). The number of rotatable bonds is 33. The maximum absolute atomic E-state index is 15.3. The molecule has 16 atom stereocenters. The first-order valence-electron chi connectivity index (χ1n) is 46.6. The SMILES string of the molecule is CC[C@H](C)[C@@H]1NC(=O)CNC(=O)[C@H]2Cc3c([nH]c4cc(OC(=O)N(CCN(C)C(=O)OCc5ccc(NC(=O)[C@H](CC(N)=O)NC(=O)[C@H](C)NC(=O)[C@H](C)NC(=O)CCOCCOCCNC(=O)c6ccc7nc8c(nc7c6)CC6CCCCCCCC(C8)C6)cc5)C(C)C)ccc34)[S+]([O-])C[C@H](NC(=O)CNC1=O)C(=O)N[C@@H](CC(N)=O)C(=O)N1C[C@H](O)C[C@H]1C(=O)N[C@@H]([C@@H](C)[C@@H](O)CO)C(=O)N2. The second-order valence-corrected chi connectivity index (χ2v) is 37.4. The van der Waals surface area contributed by atoms with Crippen LogP contribution in [0.25, 0.3) is 21.9 Å². The van der Waals surface area contributed by atoms with Crippen LogP contribution >= 0.6 is 0 Å². The van der Waals surface area contributed by atoms with E-state index in [1.54, 1.807) is 39.8 Å². The largest absolute Gasteiger partial charge is 0.610 e. The summed E-state index contributed by atoms with van der Waals surface area (Å²) in [7, 11) is 1.40. The predicted molar refractivity (Wildman–Crippen MR) is 497 cm³/mol. The molecule has 3 aliphatic heterocycles. The Labute approximate surface area is 799 Å². The van der Waals surface area contributed by atoms with Crippen LogP contribution in [0.5, 0.6) is 5.75 Å². The molecule has 1 saturated heterocycles. The number of nitrogens with two attached hydrogens (primary N) is 2. The van der Waals surface area contributed by atoms with Crippen molar-refractivity contribution < 1.29 is 120 Å². The third-order valence-electron chi connectivity index (χ3n) is 25.0. The number of fused-ring (bicyclic) bond motifs is 9. The molecule has 5 aliphatic rings. The predicted octanol–water partition coefficient (Wildman–Crippen LogP) is -1.58. The van der Waals surface area contributed by atoms with Crippen molar-refractivity contribution in [1.29, 1.82) is 0 Å². The van der Waals surface area contributed by atoms with Crippen molar-refractivity contribution in [2.75, 3.05) is 90.4 Å². The van der Waals surface area contributed by atoms with Gasteiger partial charge in [-0.1, -0.05) is 84.3 Å². The Morgan fingerprint density at radius 1 is 0.659 bits per heavy atom. The van der Waals surface area contributed by atoms with Crippen LogP contribution < -0.4 is 80.0 Å². The number of carbonyl (C=O) groups is 17. The van der Waals surface area contributed by atoms with Crippen LogP contribution in [0.3, 0.4) is 0 Å². The molecule has 2 aromatic heterocycles. The second kappa shape index (κ2) is 51.1. The number of benzene rings is 3. The molecule has 46 heteroatoms. The summed E-state index contributed by atoms with van der Waals surface area (Å²) in [5.74, 6) is -16.0. The van der Waals surface area contributed by atoms with Crippen LogP contribution in [0, 0.1) is 23.7 Å². The van der Waals surface area contributed by atoms with E-state index in [-0.39, 0.29) is 97.9 Å². The van der Waals surface area contributed by atoms with Crippen molar-refractivity contribution in [3.63, 3.8) is 0 Å². The highest BCUT2D eigenvalue weighted by Crippen LogP contribution is 2.36. The number of aromatic nitrogens is 3. The van der Waals surface area contributed by atoms with E-state index in [2.05, 4.69) is 68.8 Å². The Hall–Kier alpha value is -12.8. The van der Waals surface area contributed by atoms with Crippen LogP contribution in [-0.4, -0.2) is 308 Å². The van der Waals surface area contributed by atoms with Crippen LogP contribution in [-0.2, 0) is 118 Å². The molecule has 3 aromatic carbocycles. The number of ether oxygens (including phenoxy) is 4. The number of amides is 17. The number of likely N-dealkylation sites (N-methyl/N-ethyl adjacent to an activating group) is 1. The number of nitrogens with one attached hydrogen (secondary N) is 13. The highest BCUT2D eigenvalue weighted by Gasteiger charge is 2.46. The highest BCUT2D eigenvalue weighted by atomic mass is 32.2. The number of hydrogen-bond acceptors (Lipinski definition) is 27. The lowest BCUT2D eigenvalue weighted by molar-refractivity contribution is -0.144. The maximum Gasteiger partial charge on any atom is 0.415 e. The third kappa shape index (κ3) is 30.6. The summed E-state index contributed by atoms with van der Waals surface area (Å²) in [6.07, 6.45) is 4.39. The zero-order valence-corrected chi connectivity index (χ0v) is 79.5. The lowest BCUT2D eigenvalue weighted by Gasteiger charge is -2.32. The molecular weight excluding hydrogens is 1820 g/mol. The number of hydrogen-bond donors (Lipinski definition) is 18. The van der Waals surface area contributed by atoms with Gasteiger partial charge in [-0.05, 0) is 113 Å². The lowest BCUT2D eigenvalue weighted by atomic mass is 9.84. The Morgan fingerprint density at radius 3 is 1.98 bits per heavy atom. The van der Waals surface area contributed by atoms with Crippen molar-refractivity contribution in [2.24, 2.45) is 35.1 Å². The van der Waals surface area contributed by atoms with E-state index in [9.17, 15) is 96.8 Å². The van der Waals surface area contributed by atoms with Gasteiger partial charge in [0.05, 0.1) is 99.1 Å². The first-order valence-corrected chi connectivity index (χ1v) is 47.9. The number of aromatic amines is 1. The smallest absolute Gasteiger partial charge is 0.415 e. The van der Waals surface area contributed by atoms with Gasteiger partial charge in [0, 0.05) is 104 Å². The van der Waals surface area contributed by atoms with Gasteiger partial charge in [-0.3, -0.25) is 71.9 Å². The quantitative estimate of drug-likeness (QED) is 0.0167. The van der Waals surface area contributed by atoms with E-state index in [1.807, 2.05) is 6.07 Å². The first kappa shape index (κ1) is 107. The summed E-state index contributed by atoms with van der Waals surface area (Å²) >= 11 is -2.59. The topological polar surface area (TPSA) is 659 Å². The van der Waals surface area contributed by atoms with E-state index in [0.29, 0.717) is 34.9 Å². The fourth-order valence-corrected chi connectivity index (χ4v) is 18.3. The van der Waals surface area contributed by atoms with Gasteiger partial charge < -0.3 is 134 Å². The van der Waals surface area contributed by atoms with Gasteiger partial charge >= 0.3 is 12.2 Å². The standard InChI is InChI=1S/C92H128N20O25S/c1-9-49(4)78-87(128)97-42-76(119)103-70-47-138(133)89-61(39-67(83(124)96-43-77(120)108-78)105-88(129)79(50(5)72(115)45-113)109-86(127)71-37-58(114)44-112(71)90(130)69(41-74(94)117)106-85(70)126)60-23-22-59(38-63(60)107-89)137-92(132)111(48(2)3)28-27-110(8)91(131)136-46-53-17-20-57(21-18-53)100-84(125)68(40-73(93)116)104-81(122)52(7)99-80(121)51(6)98-75(118)25-29-134-31-32-135-30-26-95-82(123)56-19-24-62-66(36-56)102-65-35-55-16-14-12-10-11-13-15-54(33-55)34-64(65)101-62/h17-24,36,38,48-52,54-55,58,67-72,78-79,107,113-115H,9-16,25-35,37,39-47H2,1-8H3,(H2,93,116)(H2,94,117)(H,95,123)(H,96,124)(H,97,128)(H,98,118)(H,99,121)(H,100,125)(H,103,119)(H,104,122)(H,105,129)(H,106,126)(H,108,120)(H,109,127)/t49-,50-,51-,52-,54?,55?,58+,67+,68-,69-,70-,71-,72-,78-,79-,138?/m0/s1. The first-order chi connectivity index (χ1) is 65.7. The number of anilines is 1. The summed E-state index contributed by atoms with van der Waals surface area (Å²) in [4.78, 5) is 250. The Balaban J connectivity index is 0.709. The number of primary amides is 2. The molecular formula is C92H128N20O25S. The van der Waals surface area contributed by atoms with E-state index in [1.165, 1.54) is 131 Å². The Bertz CT molecular complexity index is 5240. The van der Waals surface area contributed by atoms with Crippen LogP contribution in [0.2, 0.25) is 0 Å². The van der Waals surface area contributed by atoms with Gasteiger partial charge in [0.2, 0.25) is 87.7 Å². The molecule has 0 radical (unpaired) electrons. The fraction of sp³-hybridized carbons (Fsp3) is 0.576. The minimum absolute atomic E-state index is 0.00895. The minimum atomic E-state index is -2.59. The van der Waals surface area contributed by atoms with Crippen molar-refractivity contribution in [3.05, 3.63) is 88.7 Å². The zero-order valence-electron chi connectivity index (χ0n) is 78.6. The van der Waals surface area contributed by atoms with Gasteiger partial charge in [-0.25, -0.2) is 19.6 Å². The second-order valence-electron chi connectivity index (χ2n) is 36.0. The number of H-pyrrole nitrogens is 1. The molecule has 4 bridgehead atoms. The van der Waals surface area contributed by atoms with Crippen LogP contribution in [0.4, 0.5) is 15.3 Å². The average molecular weight is 1950 g/mol.